The lowest BCUT2D eigenvalue weighted by Gasteiger charge is -2.09. The topological polar surface area (TPSA) is 71.8 Å². The Hall–Kier alpha value is -3.15. The van der Waals surface area contributed by atoms with Crippen LogP contribution in [0.2, 0.25) is 0 Å². The van der Waals surface area contributed by atoms with E-state index in [0.29, 0.717) is 17.9 Å². The predicted octanol–water partition coefficient (Wildman–Crippen LogP) is 3.15. The van der Waals surface area contributed by atoms with Gasteiger partial charge >= 0.3 is 0 Å². The van der Waals surface area contributed by atoms with Gasteiger partial charge in [-0.3, -0.25) is 4.79 Å². The number of hydrogen-bond donors (Lipinski definition) is 2. The van der Waals surface area contributed by atoms with Gasteiger partial charge in [-0.1, -0.05) is 6.92 Å². The quantitative estimate of drug-likeness (QED) is 0.731. The van der Waals surface area contributed by atoms with E-state index >= 15 is 0 Å². The van der Waals surface area contributed by atoms with Crippen LogP contribution in [-0.2, 0) is 0 Å². The van der Waals surface area contributed by atoms with E-state index in [9.17, 15) is 4.79 Å². The first-order valence-corrected chi connectivity index (χ1v) is 7.86. The van der Waals surface area contributed by atoms with Crippen LogP contribution < -0.4 is 10.6 Å². The van der Waals surface area contributed by atoms with Gasteiger partial charge in [-0.25, -0.2) is 9.97 Å². The third-order valence-electron chi connectivity index (χ3n) is 3.50. The molecule has 1 amide bonds. The van der Waals surface area contributed by atoms with Gasteiger partial charge in [0.15, 0.2) is 0 Å². The minimum absolute atomic E-state index is 0.0854. The molecule has 2 aromatic heterocycles. The van der Waals surface area contributed by atoms with Gasteiger partial charge in [-0.15, -0.1) is 0 Å². The fraction of sp³-hybridized carbons (Fsp3) is 0.167. The summed E-state index contributed by atoms with van der Waals surface area (Å²) in [5.41, 5.74) is 2.52. The lowest BCUT2D eigenvalue weighted by molar-refractivity contribution is 0.0953. The molecule has 2 N–H and O–H groups in total. The maximum absolute atomic E-state index is 12.0. The number of benzene rings is 1. The van der Waals surface area contributed by atoms with Crippen LogP contribution in [0.1, 0.15) is 23.7 Å². The number of carbonyl (C=O) groups excluding carboxylic acids is 1. The average molecular weight is 321 g/mol. The van der Waals surface area contributed by atoms with Crippen molar-refractivity contribution in [3.05, 3.63) is 66.9 Å². The van der Waals surface area contributed by atoms with Crippen LogP contribution in [0.3, 0.4) is 0 Å². The normalized spacial score (nSPS) is 10.4. The molecule has 0 saturated carbocycles. The number of rotatable bonds is 6. The number of amides is 1. The molecule has 122 valence electrons. The van der Waals surface area contributed by atoms with Gasteiger partial charge in [-0.05, 0) is 42.8 Å². The Bertz CT molecular complexity index is 797. The van der Waals surface area contributed by atoms with Gasteiger partial charge in [0.2, 0.25) is 0 Å². The molecule has 6 heteroatoms. The van der Waals surface area contributed by atoms with E-state index in [2.05, 4.69) is 20.6 Å². The Balaban J connectivity index is 1.70. The third kappa shape index (κ3) is 3.78. The summed E-state index contributed by atoms with van der Waals surface area (Å²) in [4.78, 5) is 20.3. The first kappa shape index (κ1) is 15.7. The summed E-state index contributed by atoms with van der Waals surface area (Å²) in [6, 6.07) is 11.3. The second-order valence-electron chi connectivity index (χ2n) is 5.33. The molecule has 0 atom stereocenters. The number of nitrogens with zero attached hydrogens (tertiary/aromatic N) is 3. The molecule has 24 heavy (non-hydrogen) atoms. The fourth-order valence-corrected chi connectivity index (χ4v) is 2.26. The molecular formula is C18H19N5O. The van der Waals surface area contributed by atoms with Gasteiger partial charge in [0, 0.05) is 42.1 Å². The van der Waals surface area contributed by atoms with Gasteiger partial charge in [-0.2, -0.15) is 0 Å². The fourth-order valence-electron chi connectivity index (χ4n) is 2.26. The van der Waals surface area contributed by atoms with Crippen LogP contribution >= 0.6 is 0 Å². The highest BCUT2D eigenvalue weighted by molar-refractivity contribution is 5.94. The Kier molecular flexibility index (Phi) is 4.86. The number of anilines is 2. The first-order valence-electron chi connectivity index (χ1n) is 7.86. The van der Waals surface area contributed by atoms with Gasteiger partial charge < -0.3 is 15.2 Å². The zero-order valence-corrected chi connectivity index (χ0v) is 13.4. The minimum atomic E-state index is -0.0854. The van der Waals surface area contributed by atoms with Crippen molar-refractivity contribution >= 4 is 17.4 Å². The molecule has 3 rings (SSSR count). The highest BCUT2D eigenvalue weighted by Crippen LogP contribution is 2.18. The summed E-state index contributed by atoms with van der Waals surface area (Å²) < 4.78 is 1.93. The average Bonchev–Trinajstić information content (AvgIpc) is 3.15. The Morgan fingerprint density at radius 3 is 2.71 bits per heavy atom. The molecular weight excluding hydrogens is 302 g/mol. The van der Waals surface area contributed by atoms with Crippen LogP contribution in [0.25, 0.3) is 5.69 Å². The molecule has 0 radical (unpaired) electrons. The molecule has 0 unspecified atom stereocenters. The smallest absolute Gasteiger partial charge is 0.251 e. The number of aromatic nitrogens is 3. The van der Waals surface area contributed by atoms with E-state index in [1.54, 1.807) is 30.9 Å². The van der Waals surface area contributed by atoms with Crippen LogP contribution in [0.4, 0.5) is 11.5 Å². The standard InChI is InChI=1S/C18H19N5O/c1-2-8-21-18(24)14-7-9-20-17(12-14)22-15-3-5-16(6-4-15)23-11-10-19-13-23/h3-7,9-13H,2,8H2,1H3,(H,20,22)(H,21,24). The molecule has 3 aromatic rings. The largest absolute Gasteiger partial charge is 0.352 e. The Morgan fingerprint density at radius 2 is 2.00 bits per heavy atom. The van der Waals surface area contributed by atoms with Crippen LogP contribution in [0.15, 0.2) is 61.3 Å². The number of carbonyl (C=O) groups is 1. The molecule has 0 aliphatic carbocycles. The van der Waals surface area contributed by atoms with Crippen molar-refractivity contribution in [3.63, 3.8) is 0 Å². The third-order valence-corrected chi connectivity index (χ3v) is 3.50. The van der Waals surface area contributed by atoms with E-state index in [0.717, 1.165) is 17.8 Å². The highest BCUT2D eigenvalue weighted by Gasteiger charge is 2.06. The van der Waals surface area contributed by atoms with Crippen molar-refractivity contribution in [2.45, 2.75) is 13.3 Å². The lowest BCUT2D eigenvalue weighted by atomic mass is 10.2. The molecule has 0 saturated heterocycles. The lowest BCUT2D eigenvalue weighted by Crippen LogP contribution is -2.24. The summed E-state index contributed by atoms with van der Waals surface area (Å²) in [5, 5.41) is 6.07. The van der Waals surface area contributed by atoms with Gasteiger partial charge in [0.05, 0.1) is 6.33 Å². The van der Waals surface area contributed by atoms with Crippen molar-refractivity contribution in [1.29, 1.82) is 0 Å². The maximum atomic E-state index is 12.0. The molecule has 0 aliphatic heterocycles. The first-order chi connectivity index (χ1) is 11.8. The minimum Gasteiger partial charge on any atom is -0.352 e. The van der Waals surface area contributed by atoms with Crippen molar-refractivity contribution in [2.75, 3.05) is 11.9 Å². The molecule has 0 aliphatic rings. The maximum Gasteiger partial charge on any atom is 0.251 e. The zero-order valence-electron chi connectivity index (χ0n) is 13.4. The second kappa shape index (κ2) is 7.41. The van der Waals surface area contributed by atoms with Crippen molar-refractivity contribution < 1.29 is 4.79 Å². The summed E-state index contributed by atoms with van der Waals surface area (Å²) in [6.07, 6.45) is 7.92. The molecule has 0 spiro atoms. The van der Waals surface area contributed by atoms with Gasteiger partial charge in [0.1, 0.15) is 5.82 Å². The van der Waals surface area contributed by atoms with Crippen molar-refractivity contribution in [3.8, 4) is 5.69 Å². The van der Waals surface area contributed by atoms with Crippen LogP contribution in [0, 0.1) is 0 Å². The molecule has 2 heterocycles. The molecule has 0 fully saturated rings. The summed E-state index contributed by atoms with van der Waals surface area (Å²) in [7, 11) is 0. The van der Waals surface area contributed by atoms with E-state index < -0.39 is 0 Å². The summed E-state index contributed by atoms with van der Waals surface area (Å²) >= 11 is 0. The van der Waals surface area contributed by atoms with E-state index in [-0.39, 0.29) is 5.91 Å². The SMILES string of the molecule is CCCNC(=O)c1ccnc(Nc2ccc(-n3ccnc3)cc2)c1. The summed E-state index contributed by atoms with van der Waals surface area (Å²) in [6.45, 7) is 2.69. The highest BCUT2D eigenvalue weighted by atomic mass is 16.1. The van der Waals surface area contributed by atoms with Crippen molar-refractivity contribution in [2.24, 2.45) is 0 Å². The van der Waals surface area contributed by atoms with Crippen molar-refractivity contribution in [1.82, 2.24) is 19.9 Å². The number of imidazole rings is 1. The number of hydrogen-bond acceptors (Lipinski definition) is 4. The van der Waals surface area contributed by atoms with E-state index in [4.69, 9.17) is 0 Å². The van der Waals surface area contributed by atoms with E-state index in [1.807, 2.05) is 42.0 Å². The van der Waals surface area contributed by atoms with E-state index in [1.165, 1.54) is 0 Å². The monoisotopic (exact) mass is 321 g/mol. The molecule has 0 bridgehead atoms. The van der Waals surface area contributed by atoms with Crippen LogP contribution in [-0.4, -0.2) is 27.0 Å². The zero-order chi connectivity index (χ0) is 16.8. The number of pyridine rings is 1. The second-order valence-corrected chi connectivity index (χ2v) is 5.33. The molecule has 6 nitrogen and oxygen atoms in total. The predicted molar refractivity (Wildman–Crippen MR) is 93.7 cm³/mol. The van der Waals surface area contributed by atoms with Gasteiger partial charge in [0.25, 0.3) is 5.91 Å². The number of nitrogens with one attached hydrogen (secondary N) is 2. The summed E-state index contributed by atoms with van der Waals surface area (Å²) in [5.74, 6) is 0.548. The van der Waals surface area contributed by atoms with Crippen LogP contribution in [0.5, 0.6) is 0 Å². The molecule has 1 aromatic carbocycles. The Morgan fingerprint density at radius 1 is 1.17 bits per heavy atom. The Labute approximate surface area is 140 Å².